The summed E-state index contributed by atoms with van der Waals surface area (Å²) in [4.78, 5) is 1.77. The number of sulfonamides is 1. The van der Waals surface area contributed by atoms with Gasteiger partial charge in [0.1, 0.15) is 5.75 Å². The van der Waals surface area contributed by atoms with Gasteiger partial charge in [-0.25, -0.2) is 13.1 Å². The van der Waals surface area contributed by atoms with Crippen LogP contribution in [0.5, 0.6) is 5.75 Å². The molecule has 0 unspecified atom stereocenters. The van der Waals surface area contributed by atoms with Crippen LogP contribution < -0.4 is 14.4 Å². The molecule has 0 atom stereocenters. The van der Waals surface area contributed by atoms with Crippen molar-refractivity contribution in [3.05, 3.63) is 54.1 Å². The molecule has 0 aromatic heterocycles. The zero-order valence-electron chi connectivity index (χ0n) is 13.5. The summed E-state index contributed by atoms with van der Waals surface area (Å²) >= 11 is 0. The van der Waals surface area contributed by atoms with E-state index < -0.39 is 22.1 Å². The Morgan fingerprint density at radius 3 is 2.04 bits per heavy atom. The molecule has 0 aliphatic heterocycles. The maximum absolute atomic E-state index is 12.2. The first-order valence-electron chi connectivity index (χ1n) is 7.18. The smallest absolute Gasteiger partial charge is 0.406 e. The minimum atomic E-state index is -4.82. The molecule has 0 heterocycles. The van der Waals surface area contributed by atoms with Gasteiger partial charge >= 0.3 is 6.36 Å². The summed E-state index contributed by atoms with van der Waals surface area (Å²) in [6.45, 7) is 0.0663. The SMILES string of the molecule is CN(C)c1ccc(CNS(=O)(=O)c2ccc(OC(F)(F)F)cc2)cc1. The fourth-order valence-corrected chi connectivity index (χ4v) is 3.01. The van der Waals surface area contributed by atoms with Crippen molar-refractivity contribution in [3.8, 4) is 5.75 Å². The van der Waals surface area contributed by atoms with Crippen molar-refractivity contribution < 1.29 is 26.3 Å². The topological polar surface area (TPSA) is 58.6 Å². The zero-order valence-corrected chi connectivity index (χ0v) is 14.4. The van der Waals surface area contributed by atoms with Crippen molar-refractivity contribution in [3.63, 3.8) is 0 Å². The van der Waals surface area contributed by atoms with Crippen molar-refractivity contribution in [2.24, 2.45) is 0 Å². The van der Waals surface area contributed by atoms with Crippen LogP contribution >= 0.6 is 0 Å². The van der Waals surface area contributed by atoms with E-state index in [0.29, 0.717) is 0 Å². The lowest BCUT2D eigenvalue weighted by molar-refractivity contribution is -0.274. The van der Waals surface area contributed by atoms with E-state index in [4.69, 9.17) is 0 Å². The number of hydrogen-bond donors (Lipinski definition) is 1. The first kappa shape index (κ1) is 19.1. The maximum Gasteiger partial charge on any atom is 0.573 e. The van der Waals surface area contributed by atoms with Crippen molar-refractivity contribution in [1.82, 2.24) is 4.72 Å². The van der Waals surface area contributed by atoms with E-state index in [2.05, 4.69) is 9.46 Å². The summed E-state index contributed by atoms with van der Waals surface area (Å²) in [5.74, 6) is -0.481. The van der Waals surface area contributed by atoms with Gasteiger partial charge in [0.25, 0.3) is 0 Å². The van der Waals surface area contributed by atoms with E-state index in [1.165, 1.54) is 0 Å². The molecule has 0 aliphatic rings. The third kappa shape index (κ3) is 5.64. The molecule has 5 nitrogen and oxygen atoms in total. The Bertz CT molecular complexity index is 802. The monoisotopic (exact) mass is 374 g/mol. The largest absolute Gasteiger partial charge is 0.573 e. The first-order valence-corrected chi connectivity index (χ1v) is 8.67. The van der Waals surface area contributed by atoms with E-state index in [9.17, 15) is 21.6 Å². The standard InChI is InChI=1S/C16H17F3N2O3S/c1-21(2)13-5-3-12(4-6-13)11-20-25(22,23)15-9-7-14(8-10-15)24-16(17,18)19/h3-10,20H,11H2,1-2H3. The number of halogens is 3. The predicted octanol–water partition coefficient (Wildman–Crippen LogP) is 3.13. The van der Waals surface area contributed by atoms with Gasteiger partial charge in [-0.15, -0.1) is 13.2 Å². The Kier molecular flexibility index (Phi) is 5.58. The van der Waals surface area contributed by atoms with Crippen LogP contribution in [0.4, 0.5) is 18.9 Å². The molecule has 0 fully saturated rings. The lowest BCUT2D eigenvalue weighted by Crippen LogP contribution is -2.23. The molecule has 9 heteroatoms. The second-order valence-electron chi connectivity index (χ2n) is 5.40. The number of alkyl halides is 3. The average Bonchev–Trinajstić information content (AvgIpc) is 2.52. The predicted molar refractivity (Wildman–Crippen MR) is 87.9 cm³/mol. The first-order chi connectivity index (χ1) is 11.6. The van der Waals surface area contributed by atoms with E-state index >= 15 is 0 Å². The van der Waals surface area contributed by atoms with Crippen molar-refractivity contribution in [2.75, 3.05) is 19.0 Å². The molecule has 0 bridgehead atoms. The van der Waals surface area contributed by atoms with E-state index in [0.717, 1.165) is 35.5 Å². The zero-order chi connectivity index (χ0) is 18.7. The highest BCUT2D eigenvalue weighted by Crippen LogP contribution is 2.24. The summed E-state index contributed by atoms with van der Waals surface area (Å²) in [5, 5.41) is 0. The highest BCUT2D eigenvalue weighted by Gasteiger charge is 2.31. The highest BCUT2D eigenvalue weighted by molar-refractivity contribution is 7.89. The molecule has 2 aromatic carbocycles. The van der Waals surface area contributed by atoms with Gasteiger partial charge in [0.15, 0.2) is 0 Å². The third-order valence-electron chi connectivity index (χ3n) is 3.29. The molecule has 0 aliphatic carbocycles. The van der Waals surface area contributed by atoms with Gasteiger partial charge < -0.3 is 9.64 Å². The van der Waals surface area contributed by atoms with Crippen LogP contribution in [0.15, 0.2) is 53.4 Å². The second-order valence-corrected chi connectivity index (χ2v) is 7.17. The Morgan fingerprint density at radius 1 is 1.00 bits per heavy atom. The van der Waals surface area contributed by atoms with Crippen molar-refractivity contribution in [2.45, 2.75) is 17.8 Å². The minimum Gasteiger partial charge on any atom is -0.406 e. The molecule has 0 saturated carbocycles. The van der Waals surface area contributed by atoms with Gasteiger partial charge in [-0.05, 0) is 42.0 Å². The Labute approximate surface area is 144 Å². The number of benzene rings is 2. The quantitative estimate of drug-likeness (QED) is 0.844. The summed E-state index contributed by atoms with van der Waals surface area (Å²) in [7, 11) is -0.0571. The summed E-state index contributed by atoms with van der Waals surface area (Å²) in [6, 6.07) is 11.3. The van der Waals surface area contributed by atoms with E-state index in [-0.39, 0.29) is 11.4 Å². The van der Waals surface area contributed by atoms with Gasteiger partial charge in [0.2, 0.25) is 10.0 Å². The highest BCUT2D eigenvalue weighted by atomic mass is 32.2. The molecular weight excluding hydrogens is 357 g/mol. The average molecular weight is 374 g/mol. The van der Waals surface area contributed by atoms with Crippen molar-refractivity contribution >= 4 is 15.7 Å². The van der Waals surface area contributed by atoms with Crippen LogP contribution in [-0.4, -0.2) is 28.9 Å². The number of anilines is 1. The van der Waals surface area contributed by atoms with Crippen LogP contribution in [0.1, 0.15) is 5.56 Å². The molecule has 2 rings (SSSR count). The molecule has 0 spiro atoms. The Hall–Kier alpha value is -2.26. The number of rotatable bonds is 6. The van der Waals surface area contributed by atoms with Crippen LogP contribution in [-0.2, 0) is 16.6 Å². The summed E-state index contributed by atoms with van der Waals surface area (Å²) in [6.07, 6.45) is -4.82. The normalized spacial score (nSPS) is 12.0. The maximum atomic E-state index is 12.2. The van der Waals surface area contributed by atoms with Crippen LogP contribution in [0.2, 0.25) is 0 Å². The number of hydrogen-bond acceptors (Lipinski definition) is 4. The third-order valence-corrected chi connectivity index (χ3v) is 4.70. The van der Waals surface area contributed by atoms with E-state index in [1.807, 2.05) is 31.1 Å². The molecule has 136 valence electrons. The number of nitrogens with one attached hydrogen (secondary N) is 1. The second kappa shape index (κ2) is 7.32. The molecular formula is C16H17F3N2O3S. The minimum absolute atomic E-state index is 0.0663. The molecule has 0 radical (unpaired) electrons. The van der Waals surface area contributed by atoms with Crippen molar-refractivity contribution in [1.29, 1.82) is 0 Å². The Morgan fingerprint density at radius 2 is 1.56 bits per heavy atom. The number of ether oxygens (including phenoxy) is 1. The Balaban J connectivity index is 2.03. The molecule has 0 saturated heterocycles. The number of nitrogens with zero attached hydrogens (tertiary/aromatic N) is 1. The van der Waals surface area contributed by atoms with Gasteiger partial charge in [0, 0.05) is 26.3 Å². The van der Waals surface area contributed by atoms with Crippen LogP contribution in [0.25, 0.3) is 0 Å². The molecule has 1 N–H and O–H groups in total. The van der Waals surface area contributed by atoms with Gasteiger partial charge in [-0.1, -0.05) is 12.1 Å². The molecule has 2 aromatic rings. The molecule has 25 heavy (non-hydrogen) atoms. The van der Waals surface area contributed by atoms with E-state index in [1.54, 1.807) is 12.1 Å². The fourth-order valence-electron chi connectivity index (χ4n) is 1.99. The van der Waals surface area contributed by atoms with Crippen LogP contribution in [0, 0.1) is 0 Å². The van der Waals surface area contributed by atoms with Gasteiger partial charge in [0.05, 0.1) is 4.90 Å². The summed E-state index contributed by atoms with van der Waals surface area (Å²) < 4.78 is 66.8. The van der Waals surface area contributed by atoms with Gasteiger partial charge in [-0.3, -0.25) is 0 Å². The lowest BCUT2D eigenvalue weighted by Gasteiger charge is -2.13. The van der Waals surface area contributed by atoms with Crippen LogP contribution in [0.3, 0.4) is 0 Å². The summed E-state index contributed by atoms with van der Waals surface area (Å²) in [5.41, 5.74) is 1.73. The van der Waals surface area contributed by atoms with Gasteiger partial charge in [-0.2, -0.15) is 0 Å². The lowest BCUT2D eigenvalue weighted by atomic mass is 10.2. The molecule has 0 amide bonds. The fraction of sp³-hybridized carbons (Fsp3) is 0.250.